The Hall–Kier alpha value is -2.37. The van der Waals surface area contributed by atoms with Gasteiger partial charge in [-0.15, -0.1) is 4.95 Å². The van der Waals surface area contributed by atoms with Crippen molar-refractivity contribution in [2.24, 2.45) is 4.47 Å². The largest absolute Gasteiger partial charge is 0.332 e. The number of rotatable bonds is 4. The van der Waals surface area contributed by atoms with Crippen LogP contribution in [0, 0.1) is 6.57 Å². The van der Waals surface area contributed by atoms with Crippen molar-refractivity contribution < 1.29 is 9.00 Å². The molecule has 1 aromatic rings. The molecule has 2 atom stereocenters. The zero-order valence-corrected chi connectivity index (χ0v) is 16.6. The van der Waals surface area contributed by atoms with Crippen molar-refractivity contribution in [3.8, 4) is 0 Å². The van der Waals surface area contributed by atoms with Crippen LogP contribution in [0.4, 0.5) is 10.5 Å². The van der Waals surface area contributed by atoms with Crippen molar-refractivity contribution in [2.75, 3.05) is 11.9 Å². The van der Waals surface area contributed by atoms with Gasteiger partial charge < -0.3 is 10.6 Å². The zero-order chi connectivity index (χ0) is 19.6. The molecule has 0 spiro atoms. The number of carbonyl (C=O) groups excluding carboxylic acids is 1. The summed E-state index contributed by atoms with van der Waals surface area (Å²) in [5.41, 5.74) is 5.92. The second kappa shape index (κ2) is 7.94. The van der Waals surface area contributed by atoms with Crippen LogP contribution in [-0.4, -0.2) is 22.8 Å². The van der Waals surface area contributed by atoms with Crippen LogP contribution in [0.15, 0.2) is 22.0 Å². The monoisotopic (exact) mass is 399 g/mol. The predicted molar refractivity (Wildman–Crippen MR) is 110 cm³/mol. The Kier molecular flexibility index (Phi) is 5.38. The SMILES string of the molecule is [C-]#[N+]N=S(=O)(/C=C/[C@H]1CCCN1)NC(=O)Nc1c2c(cc3c1CCC3)CCC2. The number of nitrogens with one attached hydrogen (secondary N) is 3. The number of hydrogen-bond donors (Lipinski definition) is 3. The lowest BCUT2D eigenvalue weighted by atomic mass is 9.99. The van der Waals surface area contributed by atoms with Crippen LogP contribution in [0.1, 0.15) is 47.9 Å². The molecule has 1 fully saturated rings. The van der Waals surface area contributed by atoms with E-state index >= 15 is 0 Å². The maximum atomic E-state index is 12.9. The molecule has 1 unspecified atom stereocenters. The van der Waals surface area contributed by atoms with Gasteiger partial charge in [-0.3, -0.25) is 0 Å². The van der Waals surface area contributed by atoms with E-state index in [9.17, 15) is 9.00 Å². The van der Waals surface area contributed by atoms with Crippen molar-refractivity contribution in [1.29, 1.82) is 0 Å². The predicted octanol–water partition coefficient (Wildman–Crippen LogP) is 3.27. The number of benzene rings is 1. The molecule has 0 radical (unpaired) electrons. The first-order valence-electron chi connectivity index (χ1n) is 9.88. The summed E-state index contributed by atoms with van der Waals surface area (Å²) in [5, 5.41) is 7.56. The highest BCUT2D eigenvalue weighted by molar-refractivity contribution is 7.95. The Morgan fingerprint density at radius 2 is 1.93 bits per heavy atom. The van der Waals surface area contributed by atoms with E-state index in [0.29, 0.717) is 0 Å². The molecule has 0 aromatic heterocycles. The molecule has 1 saturated heterocycles. The smallest absolute Gasteiger partial charge is 0.310 e. The van der Waals surface area contributed by atoms with Crippen LogP contribution in [0.25, 0.3) is 4.95 Å². The van der Waals surface area contributed by atoms with Gasteiger partial charge >= 0.3 is 6.03 Å². The third kappa shape index (κ3) is 3.91. The van der Waals surface area contributed by atoms with E-state index in [1.54, 1.807) is 6.08 Å². The van der Waals surface area contributed by atoms with Gasteiger partial charge in [-0.1, -0.05) is 12.1 Å². The number of fused-ring (bicyclic) bond motifs is 2. The Morgan fingerprint density at radius 3 is 2.54 bits per heavy atom. The van der Waals surface area contributed by atoms with Crippen LogP contribution >= 0.6 is 0 Å². The summed E-state index contributed by atoms with van der Waals surface area (Å²) in [6, 6.07) is 1.82. The molecule has 0 bridgehead atoms. The number of anilines is 1. The molecule has 3 N–H and O–H groups in total. The maximum absolute atomic E-state index is 12.9. The van der Waals surface area contributed by atoms with Gasteiger partial charge in [0.2, 0.25) is 9.92 Å². The van der Waals surface area contributed by atoms with E-state index in [4.69, 9.17) is 6.57 Å². The van der Waals surface area contributed by atoms with Crippen molar-refractivity contribution in [3.63, 3.8) is 0 Å². The molecule has 1 heterocycles. The van der Waals surface area contributed by atoms with Crippen LogP contribution in [0.2, 0.25) is 0 Å². The molecule has 1 aromatic carbocycles. The summed E-state index contributed by atoms with van der Waals surface area (Å²) in [6.45, 7) is 7.88. The van der Waals surface area contributed by atoms with Gasteiger partial charge in [0, 0.05) is 17.1 Å². The number of carbonyl (C=O) groups is 1. The summed E-state index contributed by atoms with van der Waals surface area (Å²) in [4.78, 5) is 15.6. The van der Waals surface area contributed by atoms with Gasteiger partial charge in [-0.2, -0.15) is 6.57 Å². The summed E-state index contributed by atoms with van der Waals surface area (Å²) < 4.78 is 18.9. The lowest BCUT2D eigenvalue weighted by Gasteiger charge is -2.16. The fourth-order valence-corrected chi connectivity index (χ4v) is 5.46. The van der Waals surface area contributed by atoms with Crippen LogP contribution < -0.4 is 15.4 Å². The Labute approximate surface area is 166 Å². The third-order valence-electron chi connectivity index (χ3n) is 5.71. The molecule has 2 amide bonds. The van der Waals surface area contributed by atoms with E-state index in [-0.39, 0.29) is 6.04 Å². The van der Waals surface area contributed by atoms with Gasteiger partial charge in [0.1, 0.15) is 0 Å². The first-order chi connectivity index (χ1) is 13.6. The van der Waals surface area contributed by atoms with E-state index in [1.165, 1.54) is 27.7 Å². The highest BCUT2D eigenvalue weighted by Crippen LogP contribution is 2.38. The molecule has 148 valence electrons. The fourth-order valence-electron chi connectivity index (χ4n) is 4.46. The van der Waals surface area contributed by atoms with Gasteiger partial charge in [0.15, 0.2) is 4.47 Å². The molecule has 28 heavy (non-hydrogen) atoms. The van der Waals surface area contributed by atoms with Gasteiger partial charge in [0.05, 0.1) is 0 Å². The fraction of sp³-hybridized carbons (Fsp3) is 0.500. The number of urea groups is 1. The minimum atomic E-state index is -3.29. The van der Waals surface area contributed by atoms with Gasteiger partial charge in [-0.05, 0) is 80.2 Å². The number of nitrogens with zero attached hydrogens (tertiary/aromatic N) is 2. The molecule has 4 rings (SSSR count). The zero-order valence-electron chi connectivity index (χ0n) is 15.8. The molecular formula is C20H25N5O2S. The molecule has 3 aliphatic rings. The third-order valence-corrected chi connectivity index (χ3v) is 7.03. The normalized spacial score (nSPS) is 22.3. The van der Waals surface area contributed by atoms with E-state index < -0.39 is 15.9 Å². The molecule has 2 aliphatic carbocycles. The average Bonchev–Trinajstić information content (AvgIpc) is 3.41. The Bertz CT molecular complexity index is 947. The molecule has 7 nitrogen and oxygen atoms in total. The van der Waals surface area contributed by atoms with Crippen molar-refractivity contribution >= 4 is 21.6 Å². The second-order valence-electron chi connectivity index (χ2n) is 7.57. The van der Waals surface area contributed by atoms with Crippen LogP contribution in [0.5, 0.6) is 0 Å². The molecular weight excluding hydrogens is 374 g/mol. The van der Waals surface area contributed by atoms with Crippen LogP contribution in [-0.2, 0) is 35.6 Å². The maximum Gasteiger partial charge on any atom is 0.332 e. The minimum Gasteiger partial charge on any atom is -0.310 e. The van der Waals surface area contributed by atoms with Crippen molar-refractivity contribution in [3.05, 3.63) is 51.3 Å². The minimum absolute atomic E-state index is 0.104. The Morgan fingerprint density at radius 1 is 1.21 bits per heavy atom. The summed E-state index contributed by atoms with van der Waals surface area (Å²) in [7, 11) is -3.29. The number of aryl methyl sites for hydroxylation is 2. The quantitative estimate of drug-likeness (QED) is 0.536. The first kappa shape index (κ1) is 19.0. The van der Waals surface area contributed by atoms with Gasteiger partial charge in [0.25, 0.3) is 0 Å². The van der Waals surface area contributed by atoms with Gasteiger partial charge in [-0.25, -0.2) is 13.7 Å². The highest BCUT2D eigenvalue weighted by Gasteiger charge is 2.26. The van der Waals surface area contributed by atoms with Crippen molar-refractivity contribution in [2.45, 2.75) is 57.4 Å². The number of hydrogen-bond acceptors (Lipinski definition) is 4. The first-order valence-corrected chi connectivity index (χ1v) is 11.5. The Balaban J connectivity index is 1.55. The number of amides is 2. The standard InChI is InChI=1S/C20H25N5O2S/c1-21-25-28(27,12-10-16-7-4-11-22-16)24-20(26)23-19-17-8-2-5-14(17)13-15-6-3-9-18(15)19/h10,12-13,16,22H,2-9,11H2,(H2,23,24,25,26,27)/b12-10+/t16-,28?/m1/s1. The van der Waals surface area contributed by atoms with Crippen LogP contribution in [0.3, 0.4) is 0 Å². The summed E-state index contributed by atoms with van der Waals surface area (Å²) in [6.07, 6.45) is 9.90. The summed E-state index contributed by atoms with van der Waals surface area (Å²) >= 11 is 0. The lowest BCUT2D eigenvalue weighted by Crippen LogP contribution is -2.33. The average molecular weight is 400 g/mol. The topological polar surface area (TPSA) is 87.0 Å². The molecule has 1 aliphatic heterocycles. The van der Waals surface area contributed by atoms with Crippen molar-refractivity contribution in [1.82, 2.24) is 10.0 Å². The van der Waals surface area contributed by atoms with E-state index in [2.05, 4.69) is 30.8 Å². The summed E-state index contributed by atoms with van der Waals surface area (Å²) in [5.74, 6) is 0. The van der Waals surface area contributed by atoms with E-state index in [1.807, 2.05) is 0 Å². The molecule has 8 heteroatoms. The second-order valence-corrected chi connectivity index (χ2v) is 9.35. The highest BCUT2D eigenvalue weighted by atomic mass is 32.2. The lowest BCUT2D eigenvalue weighted by molar-refractivity contribution is 0.257. The van der Waals surface area contributed by atoms with E-state index in [0.717, 1.165) is 63.6 Å². The molecule has 0 saturated carbocycles.